The van der Waals surface area contributed by atoms with E-state index in [4.69, 9.17) is 5.11 Å². The minimum absolute atomic E-state index is 0.0519. The fourth-order valence-corrected chi connectivity index (χ4v) is 1.61. The lowest BCUT2D eigenvalue weighted by atomic mass is 10.1. The van der Waals surface area contributed by atoms with Crippen LogP contribution in [0.1, 0.15) is 17.3 Å². The van der Waals surface area contributed by atoms with Crippen molar-refractivity contribution in [3.63, 3.8) is 0 Å². The maximum absolute atomic E-state index is 13.6. The first-order valence-corrected chi connectivity index (χ1v) is 6.63. The van der Waals surface area contributed by atoms with Crippen molar-refractivity contribution < 1.29 is 19.2 Å². The highest BCUT2D eigenvalue weighted by Crippen LogP contribution is 2.26. The van der Waals surface area contributed by atoms with E-state index in [2.05, 4.69) is 5.32 Å². The Labute approximate surface area is 113 Å². The molecule has 0 aromatic heterocycles. The normalized spacial score (nSPS) is 11.9. The third kappa shape index (κ3) is 3.82. The Bertz CT molecular complexity index is 510. The fraction of sp³-hybridized carbons (Fsp3) is 0.364. The summed E-state index contributed by atoms with van der Waals surface area (Å²) in [5.74, 6) is -2.31. The SMILES string of the molecule is CSC(C)CNc1cc(C(=O)O)c([N+](=O)[O-])cc1F. The predicted octanol–water partition coefficient (Wildman–Crippen LogP) is 2.60. The minimum atomic E-state index is -1.47. The van der Waals surface area contributed by atoms with Crippen molar-refractivity contribution in [2.24, 2.45) is 0 Å². The second-order valence-corrected chi connectivity index (χ2v) is 5.11. The van der Waals surface area contributed by atoms with Crippen LogP contribution in [0.4, 0.5) is 15.8 Å². The zero-order valence-electron chi connectivity index (χ0n) is 10.3. The molecule has 104 valence electrons. The Balaban J connectivity index is 3.10. The maximum Gasteiger partial charge on any atom is 0.342 e. The number of benzene rings is 1. The topological polar surface area (TPSA) is 92.5 Å². The molecule has 1 aromatic rings. The molecule has 0 radical (unpaired) electrons. The number of carboxylic acids is 1. The largest absolute Gasteiger partial charge is 0.477 e. The number of aromatic carboxylic acids is 1. The summed E-state index contributed by atoms with van der Waals surface area (Å²) in [6, 6.07) is 1.57. The molecule has 0 saturated carbocycles. The molecule has 0 saturated heterocycles. The van der Waals surface area contributed by atoms with Gasteiger partial charge in [-0.3, -0.25) is 10.1 Å². The first-order chi connectivity index (χ1) is 8.86. The van der Waals surface area contributed by atoms with Gasteiger partial charge in [0, 0.05) is 11.8 Å². The summed E-state index contributed by atoms with van der Waals surface area (Å²) in [6.45, 7) is 2.34. The van der Waals surface area contributed by atoms with Crippen LogP contribution in [0.15, 0.2) is 12.1 Å². The van der Waals surface area contributed by atoms with E-state index in [1.807, 2.05) is 13.2 Å². The summed E-state index contributed by atoms with van der Waals surface area (Å²) >= 11 is 1.56. The Hall–Kier alpha value is -1.83. The Kier molecular flexibility index (Phi) is 5.11. The van der Waals surface area contributed by atoms with Crippen LogP contribution in [-0.2, 0) is 0 Å². The molecular formula is C11H13FN2O4S. The number of rotatable bonds is 6. The van der Waals surface area contributed by atoms with Gasteiger partial charge in [0.1, 0.15) is 5.56 Å². The second kappa shape index (κ2) is 6.37. The van der Waals surface area contributed by atoms with Crippen LogP contribution >= 0.6 is 11.8 Å². The lowest BCUT2D eigenvalue weighted by Crippen LogP contribution is -2.14. The molecule has 19 heavy (non-hydrogen) atoms. The van der Waals surface area contributed by atoms with E-state index in [0.29, 0.717) is 12.6 Å². The highest BCUT2D eigenvalue weighted by Gasteiger charge is 2.23. The average molecular weight is 288 g/mol. The molecule has 0 aliphatic heterocycles. The van der Waals surface area contributed by atoms with Crippen molar-refractivity contribution in [3.8, 4) is 0 Å². The molecule has 8 heteroatoms. The first-order valence-electron chi connectivity index (χ1n) is 5.34. The van der Waals surface area contributed by atoms with Gasteiger partial charge in [0.15, 0.2) is 5.82 Å². The van der Waals surface area contributed by atoms with Gasteiger partial charge in [0.25, 0.3) is 5.69 Å². The van der Waals surface area contributed by atoms with Crippen LogP contribution in [0.5, 0.6) is 0 Å². The maximum atomic E-state index is 13.6. The van der Waals surface area contributed by atoms with E-state index in [9.17, 15) is 19.3 Å². The first kappa shape index (κ1) is 15.2. The molecule has 0 spiro atoms. The molecule has 1 atom stereocenters. The molecule has 0 aliphatic carbocycles. The van der Waals surface area contributed by atoms with E-state index in [1.165, 1.54) is 0 Å². The van der Waals surface area contributed by atoms with Crippen molar-refractivity contribution in [2.75, 3.05) is 18.1 Å². The van der Waals surface area contributed by atoms with Gasteiger partial charge in [-0.1, -0.05) is 6.92 Å². The molecular weight excluding hydrogens is 275 g/mol. The summed E-state index contributed by atoms with van der Waals surface area (Å²) in [5, 5.41) is 22.5. The lowest BCUT2D eigenvalue weighted by Gasteiger charge is -2.12. The number of nitro benzene ring substituents is 1. The smallest absolute Gasteiger partial charge is 0.342 e. The molecule has 2 N–H and O–H groups in total. The molecule has 6 nitrogen and oxygen atoms in total. The molecule has 0 heterocycles. The van der Waals surface area contributed by atoms with Crippen molar-refractivity contribution in [1.82, 2.24) is 0 Å². The highest BCUT2D eigenvalue weighted by molar-refractivity contribution is 7.99. The zero-order chi connectivity index (χ0) is 14.6. The summed E-state index contributed by atoms with van der Waals surface area (Å²) in [5.41, 5.74) is -1.34. The molecule has 1 unspecified atom stereocenters. The van der Waals surface area contributed by atoms with Gasteiger partial charge in [0.2, 0.25) is 0 Å². The minimum Gasteiger partial charge on any atom is -0.477 e. The lowest BCUT2D eigenvalue weighted by molar-refractivity contribution is -0.385. The number of nitrogens with zero attached hydrogens (tertiary/aromatic N) is 1. The highest BCUT2D eigenvalue weighted by atomic mass is 32.2. The Morgan fingerprint density at radius 2 is 2.26 bits per heavy atom. The van der Waals surface area contributed by atoms with Crippen LogP contribution in [0.25, 0.3) is 0 Å². The number of nitro groups is 1. The molecule has 0 fully saturated rings. The van der Waals surface area contributed by atoms with Gasteiger partial charge < -0.3 is 10.4 Å². The van der Waals surface area contributed by atoms with E-state index < -0.39 is 28.0 Å². The predicted molar refractivity (Wildman–Crippen MR) is 71.5 cm³/mol. The monoisotopic (exact) mass is 288 g/mol. The summed E-state index contributed by atoms with van der Waals surface area (Å²) in [4.78, 5) is 20.7. The number of anilines is 1. The molecule has 0 amide bonds. The number of carboxylic acid groups (broad SMARTS) is 1. The van der Waals surface area contributed by atoms with Crippen LogP contribution in [0.2, 0.25) is 0 Å². The van der Waals surface area contributed by atoms with Gasteiger partial charge >= 0.3 is 5.97 Å². The van der Waals surface area contributed by atoms with Gasteiger partial charge in [0.05, 0.1) is 16.7 Å². The fourth-order valence-electron chi connectivity index (χ4n) is 1.36. The molecule has 0 bridgehead atoms. The van der Waals surface area contributed by atoms with Crippen molar-refractivity contribution in [2.45, 2.75) is 12.2 Å². The summed E-state index contributed by atoms with van der Waals surface area (Å²) < 4.78 is 13.6. The van der Waals surface area contributed by atoms with Crippen molar-refractivity contribution in [1.29, 1.82) is 0 Å². The van der Waals surface area contributed by atoms with E-state index in [-0.39, 0.29) is 10.9 Å². The van der Waals surface area contributed by atoms with E-state index in [0.717, 1.165) is 6.07 Å². The standard InChI is InChI=1S/C11H13FN2O4S/c1-6(19-2)5-13-9-3-7(11(15)16)10(14(17)18)4-8(9)12/h3-4,6,13H,5H2,1-2H3,(H,15,16). The van der Waals surface area contributed by atoms with E-state index in [1.54, 1.807) is 11.8 Å². The molecule has 1 rings (SSSR count). The van der Waals surface area contributed by atoms with Gasteiger partial charge in [-0.05, 0) is 12.3 Å². The van der Waals surface area contributed by atoms with E-state index >= 15 is 0 Å². The van der Waals surface area contributed by atoms with Gasteiger partial charge in [-0.15, -0.1) is 0 Å². The van der Waals surface area contributed by atoms with Gasteiger partial charge in [-0.25, -0.2) is 9.18 Å². The number of hydrogen-bond acceptors (Lipinski definition) is 5. The van der Waals surface area contributed by atoms with Gasteiger partial charge in [-0.2, -0.15) is 11.8 Å². The van der Waals surface area contributed by atoms with Crippen LogP contribution in [0.3, 0.4) is 0 Å². The van der Waals surface area contributed by atoms with Crippen molar-refractivity contribution in [3.05, 3.63) is 33.6 Å². The Morgan fingerprint density at radius 3 is 2.74 bits per heavy atom. The molecule has 1 aromatic carbocycles. The average Bonchev–Trinajstić information content (AvgIpc) is 2.35. The van der Waals surface area contributed by atoms with Crippen LogP contribution < -0.4 is 5.32 Å². The van der Waals surface area contributed by atoms with Crippen LogP contribution in [-0.4, -0.2) is 34.0 Å². The van der Waals surface area contributed by atoms with Crippen LogP contribution in [0, 0.1) is 15.9 Å². The molecule has 0 aliphatic rings. The number of nitrogens with one attached hydrogen (secondary N) is 1. The number of halogens is 1. The zero-order valence-corrected chi connectivity index (χ0v) is 11.2. The number of hydrogen-bond donors (Lipinski definition) is 2. The summed E-state index contributed by atoms with van der Waals surface area (Å²) in [6.07, 6.45) is 1.89. The number of thioether (sulfide) groups is 1. The number of carbonyl (C=O) groups is 1. The third-order valence-corrected chi connectivity index (χ3v) is 3.47. The third-order valence-electron chi connectivity index (χ3n) is 2.49. The summed E-state index contributed by atoms with van der Waals surface area (Å²) in [7, 11) is 0. The second-order valence-electron chi connectivity index (χ2n) is 3.84. The Morgan fingerprint density at radius 1 is 1.63 bits per heavy atom. The van der Waals surface area contributed by atoms with Crippen molar-refractivity contribution >= 4 is 29.1 Å². The quantitative estimate of drug-likeness (QED) is 0.617.